The van der Waals surface area contributed by atoms with Crippen LogP contribution in [-0.4, -0.2) is 21.9 Å². The van der Waals surface area contributed by atoms with E-state index in [-0.39, 0.29) is 5.91 Å². The Morgan fingerprint density at radius 1 is 1.03 bits per heavy atom. The van der Waals surface area contributed by atoms with Gasteiger partial charge in [-0.25, -0.2) is 0 Å². The third kappa shape index (κ3) is 3.65. The number of aliphatic carboxylic acids is 1. The summed E-state index contributed by atoms with van der Waals surface area (Å²) in [6.07, 6.45) is 0. The summed E-state index contributed by atoms with van der Waals surface area (Å²) in [5.41, 5.74) is 5.09. The lowest BCUT2D eigenvalue weighted by Crippen LogP contribution is -2.44. The zero-order chi connectivity index (χ0) is 21.4. The molecule has 0 saturated heterocycles. The number of halogens is 1. The molecule has 2 atom stereocenters. The summed E-state index contributed by atoms with van der Waals surface area (Å²) >= 11 is 3.44. The maximum atomic E-state index is 13.5. The fourth-order valence-electron chi connectivity index (χ4n) is 4.27. The van der Waals surface area contributed by atoms with Crippen LogP contribution in [0.1, 0.15) is 50.1 Å². The summed E-state index contributed by atoms with van der Waals surface area (Å²) < 4.78 is 0.904. The lowest BCUT2D eigenvalue weighted by atomic mass is 9.79. The predicted molar refractivity (Wildman–Crippen MR) is 119 cm³/mol. The lowest BCUT2D eigenvalue weighted by molar-refractivity contribution is -0.140. The van der Waals surface area contributed by atoms with Crippen LogP contribution in [0.5, 0.6) is 0 Å². The first kappa shape index (κ1) is 20.4. The molecule has 1 heterocycles. The standard InChI is InChI=1S/C25H22BrNO3/c1-15-7-8-18(16(2)13-15)14-27-23(17-9-11-19(26)12-10-17)22(25(29)30)20-5-3-4-6-21(20)24(27)28/h3-13,22-23H,14H2,1-2H3,(H,29,30). The Balaban J connectivity index is 1.88. The molecule has 3 aromatic carbocycles. The van der Waals surface area contributed by atoms with Crippen LogP contribution in [0.4, 0.5) is 0 Å². The third-order valence-corrected chi connectivity index (χ3v) is 6.28. The van der Waals surface area contributed by atoms with Crippen LogP contribution in [0.3, 0.4) is 0 Å². The molecule has 0 aromatic heterocycles. The van der Waals surface area contributed by atoms with Crippen molar-refractivity contribution in [2.24, 2.45) is 0 Å². The average Bonchev–Trinajstić information content (AvgIpc) is 2.72. The molecule has 1 N–H and O–H groups in total. The van der Waals surface area contributed by atoms with E-state index in [9.17, 15) is 14.7 Å². The number of nitrogens with zero attached hydrogens (tertiary/aromatic N) is 1. The van der Waals surface area contributed by atoms with E-state index in [0.717, 1.165) is 26.7 Å². The molecule has 1 aliphatic heterocycles. The van der Waals surface area contributed by atoms with Crippen molar-refractivity contribution in [2.75, 3.05) is 0 Å². The number of aryl methyl sites for hydroxylation is 2. The predicted octanol–water partition coefficient (Wildman–Crippen LogP) is 5.63. The van der Waals surface area contributed by atoms with Gasteiger partial charge in [-0.2, -0.15) is 0 Å². The van der Waals surface area contributed by atoms with Crippen molar-refractivity contribution < 1.29 is 14.7 Å². The molecule has 5 heteroatoms. The van der Waals surface area contributed by atoms with E-state index in [0.29, 0.717) is 17.7 Å². The molecule has 2 unspecified atom stereocenters. The van der Waals surface area contributed by atoms with E-state index in [1.165, 1.54) is 0 Å². The number of hydrogen-bond donors (Lipinski definition) is 1. The summed E-state index contributed by atoms with van der Waals surface area (Å²) in [4.78, 5) is 27.7. The first-order valence-electron chi connectivity index (χ1n) is 9.81. The van der Waals surface area contributed by atoms with Gasteiger partial charge in [-0.05, 0) is 54.3 Å². The van der Waals surface area contributed by atoms with Gasteiger partial charge in [-0.1, -0.05) is 70.0 Å². The second kappa shape index (κ2) is 8.07. The molecule has 30 heavy (non-hydrogen) atoms. The van der Waals surface area contributed by atoms with Crippen LogP contribution in [-0.2, 0) is 11.3 Å². The highest BCUT2D eigenvalue weighted by atomic mass is 79.9. The van der Waals surface area contributed by atoms with E-state index in [1.807, 2.05) is 50.2 Å². The van der Waals surface area contributed by atoms with Gasteiger partial charge in [0, 0.05) is 16.6 Å². The normalized spacial score (nSPS) is 18.2. The summed E-state index contributed by atoms with van der Waals surface area (Å²) in [5.74, 6) is -1.92. The second-order valence-electron chi connectivity index (χ2n) is 7.76. The van der Waals surface area contributed by atoms with Crippen molar-refractivity contribution >= 4 is 27.8 Å². The summed E-state index contributed by atoms with van der Waals surface area (Å²) in [7, 11) is 0. The molecule has 4 nitrogen and oxygen atoms in total. The molecular formula is C25H22BrNO3. The first-order chi connectivity index (χ1) is 14.4. The smallest absolute Gasteiger partial charge is 0.313 e. The van der Waals surface area contributed by atoms with Gasteiger partial charge in [-0.3, -0.25) is 9.59 Å². The summed E-state index contributed by atoms with van der Waals surface area (Å²) in [6, 6.07) is 20.1. The highest BCUT2D eigenvalue weighted by Crippen LogP contribution is 2.44. The van der Waals surface area contributed by atoms with Gasteiger partial charge < -0.3 is 10.0 Å². The lowest BCUT2D eigenvalue weighted by Gasteiger charge is -2.41. The molecule has 0 aliphatic carbocycles. The number of fused-ring (bicyclic) bond motifs is 1. The van der Waals surface area contributed by atoms with E-state index in [2.05, 4.69) is 22.0 Å². The van der Waals surface area contributed by atoms with Crippen LogP contribution in [0.15, 0.2) is 71.2 Å². The van der Waals surface area contributed by atoms with Crippen LogP contribution in [0, 0.1) is 13.8 Å². The van der Waals surface area contributed by atoms with Crippen molar-refractivity contribution in [3.05, 3.63) is 105 Å². The van der Waals surface area contributed by atoms with E-state index < -0.39 is 17.9 Å². The Morgan fingerprint density at radius 3 is 2.40 bits per heavy atom. The number of amides is 1. The fraction of sp³-hybridized carbons (Fsp3) is 0.200. The first-order valence-corrected chi connectivity index (χ1v) is 10.6. The zero-order valence-corrected chi connectivity index (χ0v) is 18.4. The van der Waals surface area contributed by atoms with E-state index in [4.69, 9.17) is 0 Å². The third-order valence-electron chi connectivity index (χ3n) is 5.76. The van der Waals surface area contributed by atoms with Gasteiger partial charge in [0.05, 0.1) is 6.04 Å². The Bertz CT molecular complexity index is 1120. The Hall–Kier alpha value is -2.92. The van der Waals surface area contributed by atoms with Gasteiger partial charge in [0.25, 0.3) is 5.91 Å². The van der Waals surface area contributed by atoms with Crippen molar-refractivity contribution in [2.45, 2.75) is 32.4 Å². The zero-order valence-electron chi connectivity index (χ0n) is 16.8. The molecule has 4 rings (SSSR count). The van der Waals surface area contributed by atoms with Gasteiger partial charge in [-0.15, -0.1) is 0 Å². The Labute approximate surface area is 184 Å². The van der Waals surface area contributed by atoms with Crippen LogP contribution in [0.2, 0.25) is 0 Å². The van der Waals surface area contributed by atoms with E-state index in [1.54, 1.807) is 29.2 Å². The maximum Gasteiger partial charge on any atom is 0.313 e. The number of rotatable bonds is 4. The van der Waals surface area contributed by atoms with Crippen molar-refractivity contribution in [1.82, 2.24) is 4.90 Å². The molecule has 0 spiro atoms. The number of carboxylic acid groups (broad SMARTS) is 1. The van der Waals surface area contributed by atoms with Crippen molar-refractivity contribution in [3.8, 4) is 0 Å². The Kier molecular flexibility index (Phi) is 5.48. The molecule has 0 bridgehead atoms. The molecule has 0 saturated carbocycles. The molecule has 152 valence electrons. The Morgan fingerprint density at radius 2 is 1.73 bits per heavy atom. The SMILES string of the molecule is Cc1ccc(CN2C(=O)c3ccccc3C(C(=O)O)C2c2ccc(Br)cc2)c(C)c1. The minimum atomic E-state index is -0.937. The molecule has 1 aliphatic rings. The molecule has 0 radical (unpaired) electrons. The highest BCUT2D eigenvalue weighted by Gasteiger charge is 2.44. The number of benzene rings is 3. The number of carbonyl (C=O) groups excluding carboxylic acids is 1. The topological polar surface area (TPSA) is 57.6 Å². The number of carbonyl (C=O) groups is 2. The largest absolute Gasteiger partial charge is 0.481 e. The van der Waals surface area contributed by atoms with Crippen LogP contribution in [0.25, 0.3) is 0 Å². The number of carboxylic acids is 1. The summed E-state index contributed by atoms with van der Waals surface area (Å²) in [6.45, 7) is 4.40. The van der Waals surface area contributed by atoms with Crippen LogP contribution >= 0.6 is 15.9 Å². The highest BCUT2D eigenvalue weighted by molar-refractivity contribution is 9.10. The summed E-state index contributed by atoms with van der Waals surface area (Å²) in [5, 5.41) is 10.2. The molecule has 3 aromatic rings. The quantitative estimate of drug-likeness (QED) is 0.545. The molecule has 0 fully saturated rings. The van der Waals surface area contributed by atoms with Gasteiger partial charge in [0.1, 0.15) is 5.92 Å². The molecule has 1 amide bonds. The van der Waals surface area contributed by atoms with E-state index >= 15 is 0 Å². The average molecular weight is 464 g/mol. The molecular weight excluding hydrogens is 442 g/mol. The van der Waals surface area contributed by atoms with Gasteiger partial charge in [0.2, 0.25) is 0 Å². The van der Waals surface area contributed by atoms with Crippen molar-refractivity contribution in [3.63, 3.8) is 0 Å². The maximum absolute atomic E-state index is 13.5. The van der Waals surface area contributed by atoms with Gasteiger partial charge >= 0.3 is 5.97 Å². The minimum absolute atomic E-state index is 0.143. The van der Waals surface area contributed by atoms with Crippen molar-refractivity contribution in [1.29, 1.82) is 0 Å². The fourth-order valence-corrected chi connectivity index (χ4v) is 4.54. The number of hydrogen-bond acceptors (Lipinski definition) is 2. The monoisotopic (exact) mass is 463 g/mol. The second-order valence-corrected chi connectivity index (χ2v) is 8.68. The van der Waals surface area contributed by atoms with Gasteiger partial charge in [0.15, 0.2) is 0 Å². The van der Waals surface area contributed by atoms with Crippen LogP contribution < -0.4 is 0 Å². The minimum Gasteiger partial charge on any atom is -0.481 e.